The van der Waals surface area contributed by atoms with Gasteiger partial charge in [0.15, 0.2) is 0 Å². The first-order valence-electron chi connectivity index (χ1n) is 6.94. The SMILES string of the molecule is NCC1CCC(CC(=O)NCCOCC(N)=O)CC1. The zero-order valence-corrected chi connectivity index (χ0v) is 11.4. The molecule has 0 unspecified atom stereocenters. The lowest BCUT2D eigenvalue weighted by atomic mass is 9.80. The van der Waals surface area contributed by atoms with Crippen molar-refractivity contribution >= 4 is 11.8 Å². The number of amides is 2. The van der Waals surface area contributed by atoms with Crippen LogP contribution in [0.15, 0.2) is 0 Å². The molecule has 1 fully saturated rings. The van der Waals surface area contributed by atoms with Crippen LogP contribution in [-0.4, -0.2) is 38.1 Å². The molecule has 1 aliphatic rings. The van der Waals surface area contributed by atoms with E-state index in [0.29, 0.717) is 31.4 Å². The second-order valence-corrected chi connectivity index (χ2v) is 5.20. The zero-order valence-electron chi connectivity index (χ0n) is 11.4. The van der Waals surface area contributed by atoms with Crippen molar-refractivity contribution in [3.63, 3.8) is 0 Å². The van der Waals surface area contributed by atoms with Gasteiger partial charge >= 0.3 is 0 Å². The van der Waals surface area contributed by atoms with Gasteiger partial charge in [-0.25, -0.2) is 0 Å². The van der Waals surface area contributed by atoms with Gasteiger partial charge in [-0.1, -0.05) is 0 Å². The summed E-state index contributed by atoms with van der Waals surface area (Å²) < 4.78 is 4.96. The lowest BCUT2D eigenvalue weighted by Crippen LogP contribution is -2.31. The lowest BCUT2D eigenvalue weighted by molar-refractivity contribution is -0.123. The highest BCUT2D eigenvalue weighted by molar-refractivity contribution is 5.76. The molecule has 0 aliphatic heterocycles. The normalized spacial score (nSPS) is 23.0. The van der Waals surface area contributed by atoms with Crippen LogP contribution in [0.1, 0.15) is 32.1 Å². The fourth-order valence-electron chi connectivity index (χ4n) is 2.44. The predicted molar refractivity (Wildman–Crippen MR) is 72.1 cm³/mol. The van der Waals surface area contributed by atoms with E-state index >= 15 is 0 Å². The molecular formula is C13H25N3O3. The van der Waals surface area contributed by atoms with Gasteiger partial charge in [0, 0.05) is 13.0 Å². The fraction of sp³-hybridized carbons (Fsp3) is 0.846. The van der Waals surface area contributed by atoms with E-state index in [1.807, 2.05) is 0 Å². The van der Waals surface area contributed by atoms with E-state index in [9.17, 15) is 9.59 Å². The number of carbonyl (C=O) groups excluding carboxylic acids is 2. The molecule has 6 nitrogen and oxygen atoms in total. The monoisotopic (exact) mass is 271 g/mol. The Morgan fingerprint density at radius 3 is 2.37 bits per heavy atom. The Balaban J connectivity index is 2.03. The molecule has 1 aliphatic carbocycles. The van der Waals surface area contributed by atoms with Crippen LogP contribution >= 0.6 is 0 Å². The molecule has 19 heavy (non-hydrogen) atoms. The summed E-state index contributed by atoms with van der Waals surface area (Å²) in [7, 11) is 0. The Morgan fingerprint density at radius 1 is 1.16 bits per heavy atom. The number of hydrogen-bond acceptors (Lipinski definition) is 4. The topological polar surface area (TPSA) is 107 Å². The number of nitrogens with two attached hydrogens (primary N) is 2. The van der Waals surface area contributed by atoms with Gasteiger partial charge < -0.3 is 21.5 Å². The molecule has 110 valence electrons. The number of ether oxygens (including phenoxy) is 1. The van der Waals surface area contributed by atoms with Gasteiger partial charge in [0.2, 0.25) is 11.8 Å². The molecule has 5 N–H and O–H groups in total. The Morgan fingerprint density at radius 2 is 1.79 bits per heavy atom. The highest BCUT2D eigenvalue weighted by Gasteiger charge is 2.21. The Labute approximate surface area is 114 Å². The van der Waals surface area contributed by atoms with Crippen LogP contribution in [0.3, 0.4) is 0 Å². The molecule has 0 spiro atoms. The van der Waals surface area contributed by atoms with E-state index < -0.39 is 5.91 Å². The highest BCUT2D eigenvalue weighted by atomic mass is 16.5. The summed E-state index contributed by atoms with van der Waals surface area (Å²) in [6.45, 7) is 1.40. The lowest BCUT2D eigenvalue weighted by Gasteiger charge is -2.27. The third-order valence-corrected chi connectivity index (χ3v) is 3.59. The number of nitrogens with one attached hydrogen (secondary N) is 1. The molecule has 1 saturated carbocycles. The van der Waals surface area contributed by atoms with E-state index in [-0.39, 0.29) is 12.5 Å². The second-order valence-electron chi connectivity index (χ2n) is 5.20. The average molecular weight is 271 g/mol. The molecular weight excluding hydrogens is 246 g/mol. The number of primary amides is 1. The minimum absolute atomic E-state index is 0.0545. The van der Waals surface area contributed by atoms with Gasteiger partial charge in [-0.2, -0.15) is 0 Å². The summed E-state index contributed by atoms with van der Waals surface area (Å²) in [6.07, 6.45) is 5.03. The van der Waals surface area contributed by atoms with Crippen LogP contribution in [-0.2, 0) is 14.3 Å². The maximum Gasteiger partial charge on any atom is 0.243 e. The van der Waals surface area contributed by atoms with Gasteiger partial charge in [0.25, 0.3) is 0 Å². The smallest absolute Gasteiger partial charge is 0.243 e. The van der Waals surface area contributed by atoms with E-state index in [0.717, 1.165) is 32.2 Å². The van der Waals surface area contributed by atoms with Crippen molar-refractivity contribution < 1.29 is 14.3 Å². The minimum Gasteiger partial charge on any atom is -0.370 e. The Hall–Kier alpha value is -1.14. The summed E-state index contributed by atoms with van der Waals surface area (Å²) in [5.41, 5.74) is 10.6. The summed E-state index contributed by atoms with van der Waals surface area (Å²) in [5, 5.41) is 2.79. The largest absolute Gasteiger partial charge is 0.370 e. The van der Waals surface area contributed by atoms with E-state index in [4.69, 9.17) is 16.2 Å². The molecule has 0 heterocycles. The summed E-state index contributed by atoms with van der Waals surface area (Å²) >= 11 is 0. The molecule has 0 aromatic rings. The predicted octanol–water partition coefficient (Wildman–Crippen LogP) is -0.240. The van der Waals surface area contributed by atoms with Crippen molar-refractivity contribution in [2.45, 2.75) is 32.1 Å². The van der Waals surface area contributed by atoms with Gasteiger partial charge in [0.1, 0.15) is 6.61 Å². The molecule has 6 heteroatoms. The standard InChI is InChI=1S/C13H25N3O3/c14-8-11-3-1-10(2-4-11)7-13(18)16-5-6-19-9-12(15)17/h10-11H,1-9,14H2,(H2,15,17)(H,16,18). The highest BCUT2D eigenvalue weighted by Crippen LogP contribution is 2.29. The van der Waals surface area contributed by atoms with Crippen LogP contribution in [0.25, 0.3) is 0 Å². The summed E-state index contributed by atoms with van der Waals surface area (Å²) in [5.74, 6) is 0.678. The van der Waals surface area contributed by atoms with Crippen LogP contribution < -0.4 is 16.8 Å². The first kappa shape index (κ1) is 15.9. The maximum atomic E-state index is 11.7. The van der Waals surface area contributed by atoms with Crippen LogP contribution in [0.2, 0.25) is 0 Å². The zero-order chi connectivity index (χ0) is 14.1. The van der Waals surface area contributed by atoms with Crippen molar-refractivity contribution in [1.82, 2.24) is 5.32 Å². The van der Waals surface area contributed by atoms with Crippen molar-refractivity contribution in [3.05, 3.63) is 0 Å². The molecule has 0 aromatic heterocycles. The van der Waals surface area contributed by atoms with Crippen molar-refractivity contribution in [1.29, 1.82) is 0 Å². The van der Waals surface area contributed by atoms with E-state index in [1.54, 1.807) is 0 Å². The molecule has 0 aromatic carbocycles. The van der Waals surface area contributed by atoms with E-state index in [1.165, 1.54) is 0 Å². The third-order valence-electron chi connectivity index (χ3n) is 3.59. The van der Waals surface area contributed by atoms with Crippen LogP contribution in [0.5, 0.6) is 0 Å². The van der Waals surface area contributed by atoms with Crippen molar-refractivity contribution in [2.24, 2.45) is 23.3 Å². The fourth-order valence-corrected chi connectivity index (χ4v) is 2.44. The third kappa shape index (κ3) is 7.12. The van der Waals surface area contributed by atoms with Crippen molar-refractivity contribution in [3.8, 4) is 0 Å². The summed E-state index contributed by atoms with van der Waals surface area (Å²) in [6, 6.07) is 0. The first-order valence-corrected chi connectivity index (χ1v) is 6.94. The molecule has 0 atom stereocenters. The molecule has 0 radical (unpaired) electrons. The quantitative estimate of drug-likeness (QED) is 0.529. The molecule has 1 rings (SSSR count). The molecule has 0 saturated heterocycles. The number of carbonyl (C=O) groups is 2. The minimum atomic E-state index is -0.497. The van der Waals surface area contributed by atoms with Gasteiger partial charge in [-0.3, -0.25) is 9.59 Å². The first-order chi connectivity index (χ1) is 9.11. The van der Waals surface area contributed by atoms with Gasteiger partial charge in [-0.15, -0.1) is 0 Å². The van der Waals surface area contributed by atoms with Crippen LogP contribution in [0, 0.1) is 11.8 Å². The van der Waals surface area contributed by atoms with E-state index in [2.05, 4.69) is 5.32 Å². The van der Waals surface area contributed by atoms with Crippen molar-refractivity contribution in [2.75, 3.05) is 26.3 Å². The maximum absolute atomic E-state index is 11.7. The number of hydrogen-bond donors (Lipinski definition) is 3. The Bertz CT molecular complexity index is 289. The van der Waals surface area contributed by atoms with Gasteiger partial charge in [0.05, 0.1) is 6.61 Å². The average Bonchev–Trinajstić information content (AvgIpc) is 2.39. The summed E-state index contributed by atoms with van der Waals surface area (Å²) in [4.78, 5) is 22.1. The number of rotatable bonds is 8. The van der Waals surface area contributed by atoms with Crippen LogP contribution in [0.4, 0.5) is 0 Å². The second kappa shape index (κ2) is 8.87. The van der Waals surface area contributed by atoms with Gasteiger partial charge in [-0.05, 0) is 44.1 Å². The molecule has 2 amide bonds. The Kier molecular flexibility index (Phi) is 7.43. The molecule has 0 bridgehead atoms.